The van der Waals surface area contributed by atoms with Gasteiger partial charge in [0.05, 0.1) is 13.2 Å². The molecule has 2 aliphatic heterocycles. The van der Waals surface area contributed by atoms with Gasteiger partial charge in [-0.05, 0) is 73.1 Å². The molecular weight excluding hydrogens is 436 g/mol. The van der Waals surface area contributed by atoms with Crippen molar-refractivity contribution >= 4 is 23.0 Å². The fourth-order valence-corrected chi connectivity index (χ4v) is 4.89. The Hall–Kier alpha value is -3.35. The largest absolute Gasteiger partial charge is 0.378 e. The summed E-state index contributed by atoms with van der Waals surface area (Å²) in [6.45, 7) is 9.62. The SMILES string of the molecule is Cc1c(C(=O)Nc2ccc(N3CCOCC3)cc2)cccc1-c1ccc(N2CCN(C)CC2)cc1. The first-order valence-electron chi connectivity index (χ1n) is 12.5. The molecular formula is C29H34N4O2. The lowest BCUT2D eigenvalue weighted by Gasteiger charge is -2.34. The van der Waals surface area contributed by atoms with Crippen molar-refractivity contribution < 1.29 is 9.53 Å². The van der Waals surface area contributed by atoms with E-state index in [9.17, 15) is 4.79 Å². The standard InChI is InChI=1S/C29H34N4O2/c1-22-27(23-6-10-25(11-7-23)32-16-14-31(2)15-17-32)4-3-5-28(22)29(34)30-24-8-12-26(13-9-24)33-18-20-35-21-19-33/h3-13H,14-21H2,1-2H3,(H,30,34). The zero-order valence-electron chi connectivity index (χ0n) is 20.7. The number of hydrogen-bond acceptors (Lipinski definition) is 5. The van der Waals surface area contributed by atoms with Crippen LogP contribution in [-0.4, -0.2) is 70.3 Å². The van der Waals surface area contributed by atoms with Crippen molar-refractivity contribution in [3.8, 4) is 11.1 Å². The summed E-state index contributed by atoms with van der Waals surface area (Å²) in [6.07, 6.45) is 0. The summed E-state index contributed by atoms with van der Waals surface area (Å²) in [7, 11) is 2.17. The Balaban J connectivity index is 1.28. The quantitative estimate of drug-likeness (QED) is 0.595. The van der Waals surface area contributed by atoms with Crippen molar-refractivity contribution in [2.24, 2.45) is 0 Å². The van der Waals surface area contributed by atoms with E-state index in [1.54, 1.807) is 0 Å². The van der Waals surface area contributed by atoms with Gasteiger partial charge in [0.1, 0.15) is 0 Å². The van der Waals surface area contributed by atoms with Crippen molar-refractivity contribution in [2.45, 2.75) is 6.92 Å². The highest BCUT2D eigenvalue weighted by Crippen LogP contribution is 2.29. The van der Waals surface area contributed by atoms with Gasteiger partial charge in [-0.25, -0.2) is 0 Å². The van der Waals surface area contributed by atoms with Crippen LogP contribution in [0.4, 0.5) is 17.1 Å². The lowest BCUT2D eigenvalue weighted by molar-refractivity contribution is 0.102. The van der Waals surface area contributed by atoms with Crippen LogP contribution in [0, 0.1) is 6.92 Å². The molecule has 0 aromatic heterocycles. The highest BCUT2D eigenvalue weighted by Gasteiger charge is 2.16. The maximum absolute atomic E-state index is 13.1. The number of nitrogens with one attached hydrogen (secondary N) is 1. The number of rotatable bonds is 5. The minimum absolute atomic E-state index is 0.0856. The Morgan fingerprint density at radius 3 is 2.03 bits per heavy atom. The highest BCUT2D eigenvalue weighted by atomic mass is 16.5. The molecule has 2 aliphatic rings. The van der Waals surface area contributed by atoms with E-state index in [0.717, 1.165) is 80.5 Å². The fourth-order valence-electron chi connectivity index (χ4n) is 4.89. The van der Waals surface area contributed by atoms with Crippen LogP contribution in [0.25, 0.3) is 11.1 Å². The molecule has 2 fully saturated rings. The van der Waals surface area contributed by atoms with Crippen LogP contribution < -0.4 is 15.1 Å². The van der Waals surface area contributed by atoms with Crippen molar-refractivity contribution in [2.75, 3.05) is 74.6 Å². The number of morpholine rings is 1. The van der Waals surface area contributed by atoms with E-state index < -0.39 is 0 Å². The monoisotopic (exact) mass is 470 g/mol. The summed E-state index contributed by atoms with van der Waals surface area (Å²) in [6, 6.07) is 22.8. The number of piperazine rings is 1. The second-order valence-electron chi connectivity index (χ2n) is 9.42. The van der Waals surface area contributed by atoms with Gasteiger partial charge in [-0.1, -0.05) is 24.3 Å². The molecule has 3 aromatic rings. The fraction of sp³-hybridized carbons (Fsp3) is 0.345. The van der Waals surface area contributed by atoms with Crippen LogP contribution in [-0.2, 0) is 4.74 Å². The molecule has 0 spiro atoms. The van der Waals surface area contributed by atoms with E-state index in [0.29, 0.717) is 5.56 Å². The van der Waals surface area contributed by atoms with E-state index in [-0.39, 0.29) is 5.91 Å². The number of carbonyl (C=O) groups is 1. The van der Waals surface area contributed by atoms with Gasteiger partial charge in [0.25, 0.3) is 5.91 Å². The smallest absolute Gasteiger partial charge is 0.255 e. The van der Waals surface area contributed by atoms with E-state index in [4.69, 9.17) is 4.74 Å². The molecule has 0 radical (unpaired) electrons. The van der Waals surface area contributed by atoms with Crippen molar-refractivity contribution in [3.05, 3.63) is 77.9 Å². The number of amides is 1. The first kappa shape index (κ1) is 23.4. The summed E-state index contributed by atoms with van der Waals surface area (Å²) in [5.41, 5.74) is 7.12. The number of ether oxygens (including phenoxy) is 1. The average Bonchev–Trinajstić information content (AvgIpc) is 2.90. The number of hydrogen-bond donors (Lipinski definition) is 1. The molecule has 0 saturated carbocycles. The third-order valence-corrected chi connectivity index (χ3v) is 7.13. The normalized spacial score (nSPS) is 16.9. The topological polar surface area (TPSA) is 48.1 Å². The summed E-state index contributed by atoms with van der Waals surface area (Å²) in [5, 5.41) is 3.07. The van der Waals surface area contributed by atoms with Crippen LogP contribution in [0.15, 0.2) is 66.7 Å². The van der Waals surface area contributed by atoms with Crippen molar-refractivity contribution in [1.82, 2.24) is 4.90 Å². The van der Waals surface area contributed by atoms with E-state index in [2.05, 4.69) is 69.5 Å². The molecule has 0 aliphatic carbocycles. The molecule has 1 amide bonds. The van der Waals surface area contributed by atoms with Gasteiger partial charge in [-0.2, -0.15) is 0 Å². The summed E-state index contributed by atoms with van der Waals surface area (Å²) in [5.74, 6) is -0.0856. The zero-order chi connectivity index (χ0) is 24.2. The van der Waals surface area contributed by atoms with Crippen LogP contribution in [0.5, 0.6) is 0 Å². The van der Waals surface area contributed by atoms with E-state index >= 15 is 0 Å². The van der Waals surface area contributed by atoms with Gasteiger partial charge in [-0.15, -0.1) is 0 Å². The third kappa shape index (κ3) is 5.34. The zero-order valence-corrected chi connectivity index (χ0v) is 20.7. The van der Waals surface area contributed by atoms with Crippen LogP contribution >= 0.6 is 0 Å². The maximum Gasteiger partial charge on any atom is 0.255 e. The molecule has 2 heterocycles. The first-order chi connectivity index (χ1) is 17.1. The Morgan fingerprint density at radius 1 is 0.771 bits per heavy atom. The predicted molar refractivity (Wildman–Crippen MR) is 144 cm³/mol. The number of anilines is 3. The summed E-state index contributed by atoms with van der Waals surface area (Å²) >= 11 is 0. The molecule has 2 saturated heterocycles. The maximum atomic E-state index is 13.1. The van der Waals surface area contributed by atoms with Gasteiger partial charge in [0.2, 0.25) is 0 Å². The number of benzene rings is 3. The van der Waals surface area contributed by atoms with Crippen molar-refractivity contribution in [3.63, 3.8) is 0 Å². The molecule has 6 heteroatoms. The molecule has 1 N–H and O–H groups in total. The van der Waals surface area contributed by atoms with Gasteiger partial charge < -0.3 is 24.8 Å². The first-order valence-corrected chi connectivity index (χ1v) is 12.5. The third-order valence-electron chi connectivity index (χ3n) is 7.13. The van der Waals surface area contributed by atoms with Crippen molar-refractivity contribution in [1.29, 1.82) is 0 Å². The van der Waals surface area contributed by atoms with Crippen LogP contribution in [0.1, 0.15) is 15.9 Å². The molecule has 182 valence electrons. The molecule has 0 atom stereocenters. The van der Waals surface area contributed by atoms with Gasteiger partial charge in [0, 0.05) is 61.9 Å². The number of carbonyl (C=O) groups excluding carboxylic acids is 1. The molecule has 35 heavy (non-hydrogen) atoms. The Kier molecular flexibility index (Phi) is 7.02. The van der Waals surface area contributed by atoms with Crippen LogP contribution in [0.2, 0.25) is 0 Å². The second-order valence-corrected chi connectivity index (χ2v) is 9.42. The van der Waals surface area contributed by atoms with E-state index in [1.807, 2.05) is 31.2 Å². The molecule has 0 unspecified atom stereocenters. The molecule has 6 nitrogen and oxygen atoms in total. The number of likely N-dealkylation sites (N-methyl/N-ethyl adjacent to an activating group) is 1. The van der Waals surface area contributed by atoms with Gasteiger partial charge in [0.15, 0.2) is 0 Å². The Morgan fingerprint density at radius 2 is 1.37 bits per heavy atom. The van der Waals surface area contributed by atoms with Gasteiger partial charge >= 0.3 is 0 Å². The minimum atomic E-state index is -0.0856. The number of nitrogens with zero attached hydrogens (tertiary/aromatic N) is 3. The molecule has 3 aromatic carbocycles. The predicted octanol–water partition coefficient (Wildman–Crippen LogP) is 4.50. The Bertz CT molecular complexity index is 1150. The lowest BCUT2D eigenvalue weighted by atomic mass is 9.95. The molecule has 5 rings (SSSR count). The second kappa shape index (κ2) is 10.5. The Labute approximate surface area is 208 Å². The highest BCUT2D eigenvalue weighted by molar-refractivity contribution is 6.06. The average molecular weight is 471 g/mol. The summed E-state index contributed by atoms with van der Waals surface area (Å²) < 4.78 is 5.43. The van der Waals surface area contributed by atoms with Crippen LogP contribution in [0.3, 0.4) is 0 Å². The summed E-state index contributed by atoms with van der Waals surface area (Å²) in [4.78, 5) is 20.2. The van der Waals surface area contributed by atoms with Gasteiger partial charge in [-0.3, -0.25) is 4.79 Å². The molecule has 0 bridgehead atoms. The van der Waals surface area contributed by atoms with E-state index in [1.165, 1.54) is 5.69 Å². The lowest BCUT2D eigenvalue weighted by Crippen LogP contribution is -2.44. The minimum Gasteiger partial charge on any atom is -0.378 e.